The lowest BCUT2D eigenvalue weighted by Gasteiger charge is -2.31. The monoisotopic (exact) mass is 385 g/mol. The molecule has 2 aromatic carbocycles. The fraction of sp³-hybridized carbons (Fsp3) is 0.250. The van der Waals surface area contributed by atoms with Crippen molar-refractivity contribution in [3.05, 3.63) is 64.7 Å². The molecule has 1 heterocycles. The molecule has 0 aromatic heterocycles. The molecule has 2 N–H and O–H groups in total. The van der Waals surface area contributed by atoms with Crippen LogP contribution in [0.5, 0.6) is 5.75 Å². The van der Waals surface area contributed by atoms with Gasteiger partial charge in [0.1, 0.15) is 5.75 Å². The highest BCUT2D eigenvalue weighted by Crippen LogP contribution is 2.20. The number of carbonyl (C=O) groups excluding carboxylic acids is 2. The molecular formula is C20H20ClN3O3. The number of phenolic OH excluding ortho intramolecular Hbond substituents is 1. The van der Waals surface area contributed by atoms with Gasteiger partial charge in [-0.15, -0.1) is 0 Å². The van der Waals surface area contributed by atoms with Crippen LogP contribution in [0.3, 0.4) is 0 Å². The molecule has 3 rings (SSSR count). The van der Waals surface area contributed by atoms with E-state index >= 15 is 0 Å². The summed E-state index contributed by atoms with van der Waals surface area (Å²) in [5.41, 5.74) is 3.82. The molecule has 0 unspecified atom stereocenters. The summed E-state index contributed by atoms with van der Waals surface area (Å²) in [5.74, 6) is -0.249. The second-order valence-electron chi connectivity index (χ2n) is 6.40. The summed E-state index contributed by atoms with van der Waals surface area (Å²) >= 11 is 5.85. The standard InChI is InChI=1S/C20H20ClN3O3/c21-17-6-4-16(5-7-17)20(27)24-10-8-15(9-11-24)19(26)23-22-13-14-2-1-3-18(25)12-14/h1-7,12-13,15,25H,8-11H2,(H,23,26)/b22-13-. The maximum Gasteiger partial charge on any atom is 0.253 e. The average Bonchev–Trinajstić information content (AvgIpc) is 2.68. The third-order valence-corrected chi connectivity index (χ3v) is 4.75. The zero-order valence-corrected chi connectivity index (χ0v) is 15.4. The maximum absolute atomic E-state index is 12.5. The minimum atomic E-state index is -0.180. The van der Waals surface area contributed by atoms with Crippen LogP contribution in [0.1, 0.15) is 28.8 Å². The largest absolute Gasteiger partial charge is 0.508 e. The van der Waals surface area contributed by atoms with E-state index in [2.05, 4.69) is 10.5 Å². The number of halogens is 1. The number of phenols is 1. The van der Waals surface area contributed by atoms with Gasteiger partial charge in [0.2, 0.25) is 5.91 Å². The first-order valence-electron chi connectivity index (χ1n) is 8.70. The maximum atomic E-state index is 12.5. The summed E-state index contributed by atoms with van der Waals surface area (Å²) in [7, 11) is 0. The molecule has 0 atom stereocenters. The highest BCUT2D eigenvalue weighted by Gasteiger charge is 2.27. The molecule has 1 aliphatic heterocycles. The van der Waals surface area contributed by atoms with Gasteiger partial charge in [-0.2, -0.15) is 5.10 Å². The second kappa shape index (κ2) is 8.68. The van der Waals surface area contributed by atoms with Crippen molar-refractivity contribution in [2.45, 2.75) is 12.8 Å². The van der Waals surface area contributed by atoms with Crippen molar-refractivity contribution < 1.29 is 14.7 Å². The molecule has 6 nitrogen and oxygen atoms in total. The normalized spacial score (nSPS) is 15.1. The molecule has 27 heavy (non-hydrogen) atoms. The van der Waals surface area contributed by atoms with Gasteiger partial charge >= 0.3 is 0 Å². The van der Waals surface area contributed by atoms with Crippen LogP contribution in [0.2, 0.25) is 5.02 Å². The number of carbonyl (C=O) groups is 2. The molecule has 0 spiro atoms. The van der Waals surface area contributed by atoms with Crippen LogP contribution in [0.4, 0.5) is 0 Å². The third kappa shape index (κ3) is 5.08. The Hall–Kier alpha value is -2.86. The van der Waals surface area contributed by atoms with Crippen molar-refractivity contribution >= 4 is 29.6 Å². The van der Waals surface area contributed by atoms with Crippen molar-refractivity contribution in [1.29, 1.82) is 0 Å². The van der Waals surface area contributed by atoms with E-state index in [9.17, 15) is 14.7 Å². The quantitative estimate of drug-likeness (QED) is 0.626. The molecule has 1 saturated heterocycles. The Kier molecular flexibility index (Phi) is 6.08. The lowest BCUT2D eigenvalue weighted by atomic mass is 9.95. The Balaban J connectivity index is 1.49. The molecular weight excluding hydrogens is 366 g/mol. The molecule has 7 heteroatoms. The number of likely N-dealkylation sites (tertiary alicyclic amines) is 1. The molecule has 1 aliphatic rings. The number of rotatable bonds is 4. The Morgan fingerprint density at radius 2 is 1.85 bits per heavy atom. The van der Waals surface area contributed by atoms with Crippen LogP contribution in [0.25, 0.3) is 0 Å². The summed E-state index contributed by atoms with van der Waals surface area (Å²) in [6.07, 6.45) is 2.66. The van der Waals surface area contributed by atoms with Gasteiger partial charge in [-0.25, -0.2) is 5.43 Å². The first-order chi connectivity index (χ1) is 13.0. The van der Waals surface area contributed by atoms with Gasteiger partial charge in [-0.3, -0.25) is 9.59 Å². The third-order valence-electron chi connectivity index (χ3n) is 4.50. The van der Waals surface area contributed by atoms with E-state index in [0.29, 0.717) is 42.1 Å². The van der Waals surface area contributed by atoms with Crippen molar-refractivity contribution in [3.8, 4) is 5.75 Å². The Morgan fingerprint density at radius 1 is 1.15 bits per heavy atom. The zero-order valence-electron chi connectivity index (χ0n) is 14.6. The Bertz CT molecular complexity index is 844. The van der Waals surface area contributed by atoms with Crippen molar-refractivity contribution in [2.24, 2.45) is 11.0 Å². The number of aromatic hydroxyl groups is 1. The average molecular weight is 386 g/mol. The zero-order chi connectivity index (χ0) is 19.2. The van der Waals surface area contributed by atoms with Gasteiger partial charge in [-0.05, 0) is 54.8 Å². The first kappa shape index (κ1) is 18.9. The van der Waals surface area contributed by atoms with Gasteiger partial charge in [0.15, 0.2) is 0 Å². The predicted molar refractivity (Wildman–Crippen MR) is 104 cm³/mol. The van der Waals surface area contributed by atoms with Crippen LogP contribution in [-0.4, -0.2) is 41.1 Å². The predicted octanol–water partition coefficient (Wildman–Crippen LogP) is 3.05. The lowest BCUT2D eigenvalue weighted by molar-refractivity contribution is -0.126. The van der Waals surface area contributed by atoms with Crippen LogP contribution in [0.15, 0.2) is 53.6 Å². The van der Waals surface area contributed by atoms with E-state index in [1.54, 1.807) is 53.4 Å². The minimum absolute atomic E-state index is 0.0487. The molecule has 0 saturated carbocycles. The van der Waals surface area contributed by atoms with Crippen molar-refractivity contribution in [3.63, 3.8) is 0 Å². The highest BCUT2D eigenvalue weighted by atomic mass is 35.5. The van der Waals surface area contributed by atoms with Crippen LogP contribution >= 0.6 is 11.6 Å². The minimum Gasteiger partial charge on any atom is -0.508 e. The fourth-order valence-corrected chi connectivity index (χ4v) is 3.11. The summed E-state index contributed by atoms with van der Waals surface area (Å²) in [4.78, 5) is 26.5. The summed E-state index contributed by atoms with van der Waals surface area (Å²) in [6.45, 7) is 1.05. The summed E-state index contributed by atoms with van der Waals surface area (Å²) in [5, 5.41) is 13.9. The van der Waals surface area contributed by atoms with Crippen LogP contribution < -0.4 is 5.43 Å². The summed E-state index contributed by atoms with van der Waals surface area (Å²) in [6, 6.07) is 13.4. The number of nitrogens with zero attached hydrogens (tertiary/aromatic N) is 2. The highest BCUT2D eigenvalue weighted by molar-refractivity contribution is 6.30. The van der Waals surface area contributed by atoms with Gasteiger partial charge < -0.3 is 10.0 Å². The molecule has 0 radical (unpaired) electrons. The number of piperidine rings is 1. The number of hydrazone groups is 1. The molecule has 0 aliphatic carbocycles. The van der Waals surface area contributed by atoms with E-state index in [1.807, 2.05) is 0 Å². The van der Waals surface area contributed by atoms with E-state index in [0.717, 1.165) is 0 Å². The number of hydrogen-bond donors (Lipinski definition) is 2. The van der Waals surface area contributed by atoms with Gasteiger partial charge in [0.25, 0.3) is 5.91 Å². The van der Waals surface area contributed by atoms with Crippen molar-refractivity contribution in [1.82, 2.24) is 10.3 Å². The van der Waals surface area contributed by atoms with Gasteiger partial charge in [-0.1, -0.05) is 23.7 Å². The number of benzene rings is 2. The molecule has 1 fully saturated rings. The number of nitrogens with one attached hydrogen (secondary N) is 1. The van der Waals surface area contributed by atoms with Crippen molar-refractivity contribution in [2.75, 3.05) is 13.1 Å². The van der Waals surface area contributed by atoms with E-state index in [1.165, 1.54) is 6.21 Å². The SMILES string of the molecule is O=C(N/N=C\c1cccc(O)c1)C1CCN(C(=O)c2ccc(Cl)cc2)CC1. The molecule has 2 aromatic rings. The number of hydrogen-bond acceptors (Lipinski definition) is 4. The second-order valence-corrected chi connectivity index (χ2v) is 6.84. The van der Waals surface area contributed by atoms with E-state index in [-0.39, 0.29) is 23.5 Å². The molecule has 2 amide bonds. The lowest BCUT2D eigenvalue weighted by Crippen LogP contribution is -2.42. The number of amides is 2. The van der Waals surface area contributed by atoms with Crippen LogP contribution in [-0.2, 0) is 4.79 Å². The van der Waals surface area contributed by atoms with E-state index in [4.69, 9.17) is 11.6 Å². The van der Waals surface area contributed by atoms with Gasteiger partial charge in [0.05, 0.1) is 6.21 Å². The fourth-order valence-electron chi connectivity index (χ4n) is 2.99. The smallest absolute Gasteiger partial charge is 0.253 e. The topological polar surface area (TPSA) is 82.0 Å². The molecule has 140 valence electrons. The van der Waals surface area contributed by atoms with E-state index < -0.39 is 0 Å². The Morgan fingerprint density at radius 3 is 2.52 bits per heavy atom. The van der Waals surface area contributed by atoms with Crippen LogP contribution in [0, 0.1) is 5.92 Å². The Labute approximate surface area is 162 Å². The summed E-state index contributed by atoms with van der Waals surface area (Å²) < 4.78 is 0. The van der Waals surface area contributed by atoms with Gasteiger partial charge in [0, 0.05) is 29.6 Å². The first-order valence-corrected chi connectivity index (χ1v) is 9.07. The molecule has 0 bridgehead atoms.